The fourth-order valence-corrected chi connectivity index (χ4v) is 1.61. The number of aromatic nitrogens is 3. The molecule has 7 nitrogen and oxygen atoms in total. The average Bonchev–Trinajstić information content (AvgIpc) is 2.66. The maximum absolute atomic E-state index is 11.6. The van der Waals surface area contributed by atoms with Crippen LogP contribution in [0.5, 0.6) is 0 Å². The lowest BCUT2D eigenvalue weighted by Crippen LogP contribution is -2.12. The van der Waals surface area contributed by atoms with Gasteiger partial charge in [0.2, 0.25) is 0 Å². The van der Waals surface area contributed by atoms with Crippen LogP contribution in [0, 0.1) is 18.3 Å². The third-order valence-electron chi connectivity index (χ3n) is 2.46. The van der Waals surface area contributed by atoms with E-state index in [1.54, 1.807) is 13.8 Å². The highest BCUT2D eigenvalue weighted by Crippen LogP contribution is 2.18. The molecular formula is C11H11N5O2. The number of ether oxygens (including phenoxy) is 1. The summed E-state index contributed by atoms with van der Waals surface area (Å²) in [5.41, 5.74) is 7.16. The second-order valence-electron chi connectivity index (χ2n) is 3.59. The molecule has 0 aliphatic rings. The van der Waals surface area contributed by atoms with Crippen molar-refractivity contribution in [1.29, 1.82) is 5.26 Å². The van der Waals surface area contributed by atoms with E-state index in [0.29, 0.717) is 16.9 Å². The van der Waals surface area contributed by atoms with Crippen LogP contribution in [0.3, 0.4) is 0 Å². The lowest BCUT2D eigenvalue weighted by atomic mass is 10.2. The fraction of sp³-hybridized carbons (Fsp3) is 0.273. The Labute approximate surface area is 103 Å². The van der Waals surface area contributed by atoms with Crippen molar-refractivity contribution >= 4 is 17.4 Å². The van der Waals surface area contributed by atoms with Crippen LogP contribution in [0.2, 0.25) is 0 Å². The second kappa shape index (κ2) is 4.33. The summed E-state index contributed by atoms with van der Waals surface area (Å²) < 4.78 is 6.13. The minimum atomic E-state index is -0.559. The number of hydrogen-bond donors (Lipinski definition) is 1. The van der Waals surface area contributed by atoms with Crippen LogP contribution in [0.1, 0.15) is 28.5 Å². The van der Waals surface area contributed by atoms with Gasteiger partial charge in [-0.2, -0.15) is 14.9 Å². The summed E-state index contributed by atoms with van der Waals surface area (Å²) in [5.74, 6) is -0.445. The number of carbonyl (C=O) groups is 1. The highest BCUT2D eigenvalue weighted by atomic mass is 16.5. The third kappa shape index (κ3) is 1.64. The molecule has 0 spiro atoms. The molecule has 0 fully saturated rings. The highest BCUT2D eigenvalue weighted by molar-refractivity contribution is 5.94. The molecule has 0 saturated carbocycles. The molecule has 2 aromatic heterocycles. The van der Waals surface area contributed by atoms with Gasteiger partial charge in [-0.1, -0.05) is 0 Å². The third-order valence-corrected chi connectivity index (χ3v) is 2.46. The van der Waals surface area contributed by atoms with Crippen molar-refractivity contribution < 1.29 is 9.53 Å². The van der Waals surface area contributed by atoms with Crippen molar-refractivity contribution in [3.8, 4) is 6.07 Å². The molecule has 0 amide bonds. The number of rotatable bonds is 2. The summed E-state index contributed by atoms with van der Waals surface area (Å²) in [6.45, 7) is 3.63. The zero-order valence-corrected chi connectivity index (χ0v) is 9.97. The maximum Gasteiger partial charge on any atom is 0.343 e. The number of nitrogens with zero attached hydrogens (tertiary/aromatic N) is 4. The summed E-state index contributed by atoms with van der Waals surface area (Å²) in [6.07, 6.45) is 1.30. The molecule has 0 aromatic carbocycles. The molecule has 2 aromatic rings. The van der Waals surface area contributed by atoms with Crippen molar-refractivity contribution in [2.24, 2.45) is 0 Å². The molecule has 0 bridgehead atoms. The van der Waals surface area contributed by atoms with Crippen molar-refractivity contribution in [3.63, 3.8) is 0 Å². The quantitative estimate of drug-likeness (QED) is 0.779. The Morgan fingerprint density at radius 3 is 3.00 bits per heavy atom. The van der Waals surface area contributed by atoms with Gasteiger partial charge < -0.3 is 10.5 Å². The molecule has 92 valence electrons. The van der Waals surface area contributed by atoms with Crippen LogP contribution in [-0.2, 0) is 4.74 Å². The number of anilines is 1. The number of nitriles is 1. The molecule has 18 heavy (non-hydrogen) atoms. The molecule has 2 N–H and O–H groups in total. The molecule has 7 heteroatoms. The first-order valence-corrected chi connectivity index (χ1v) is 5.31. The van der Waals surface area contributed by atoms with Crippen LogP contribution in [0.4, 0.5) is 5.82 Å². The van der Waals surface area contributed by atoms with Gasteiger partial charge in [-0.25, -0.2) is 9.78 Å². The van der Waals surface area contributed by atoms with Gasteiger partial charge in [-0.3, -0.25) is 0 Å². The van der Waals surface area contributed by atoms with E-state index in [0.717, 1.165) is 0 Å². The van der Waals surface area contributed by atoms with Crippen molar-refractivity contribution in [2.45, 2.75) is 13.8 Å². The molecule has 2 rings (SSSR count). The van der Waals surface area contributed by atoms with Gasteiger partial charge in [0.25, 0.3) is 0 Å². The van der Waals surface area contributed by atoms with Gasteiger partial charge >= 0.3 is 5.97 Å². The van der Waals surface area contributed by atoms with E-state index in [4.69, 9.17) is 15.7 Å². The molecule has 0 saturated heterocycles. The monoisotopic (exact) mass is 245 g/mol. The highest BCUT2D eigenvalue weighted by Gasteiger charge is 2.18. The lowest BCUT2D eigenvalue weighted by Gasteiger charge is -2.05. The summed E-state index contributed by atoms with van der Waals surface area (Å²) in [5, 5.41) is 13.1. The van der Waals surface area contributed by atoms with E-state index in [2.05, 4.69) is 10.1 Å². The summed E-state index contributed by atoms with van der Waals surface area (Å²) >= 11 is 0. The average molecular weight is 245 g/mol. The molecule has 0 unspecified atom stereocenters. The van der Waals surface area contributed by atoms with E-state index in [-0.39, 0.29) is 18.0 Å². The lowest BCUT2D eigenvalue weighted by molar-refractivity contribution is 0.0526. The van der Waals surface area contributed by atoms with E-state index in [1.807, 2.05) is 6.07 Å². The number of hydrogen-bond acceptors (Lipinski definition) is 6. The number of nitrogen functional groups attached to an aromatic ring is 1. The topological polar surface area (TPSA) is 106 Å². The van der Waals surface area contributed by atoms with Gasteiger partial charge in [0, 0.05) is 6.20 Å². The van der Waals surface area contributed by atoms with Crippen LogP contribution >= 0.6 is 0 Å². The van der Waals surface area contributed by atoms with Gasteiger partial charge in [-0.15, -0.1) is 0 Å². The van der Waals surface area contributed by atoms with Gasteiger partial charge in [0.15, 0.2) is 5.65 Å². The number of fused-ring (bicyclic) bond motifs is 1. The SMILES string of the molecule is CCOC(=O)c1cnc2c(C#N)c(C)nn2c1N. The van der Waals surface area contributed by atoms with Crippen molar-refractivity contribution in [1.82, 2.24) is 14.6 Å². The Morgan fingerprint density at radius 2 is 2.39 bits per heavy atom. The van der Waals surface area contributed by atoms with E-state index in [1.165, 1.54) is 10.7 Å². The molecule has 0 aliphatic carbocycles. The summed E-state index contributed by atoms with van der Waals surface area (Å²) in [6, 6.07) is 2.00. The zero-order chi connectivity index (χ0) is 13.3. The van der Waals surface area contributed by atoms with Crippen molar-refractivity contribution in [2.75, 3.05) is 12.3 Å². The molecular weight excluding hydrogens is 234 g/mol. The summed E-state index contributed by atoms with van der Waals surface area (Å²) in [7, 11) is 0. The second-order valence-corrected chi connectivity index (χ2v) is 3.59. The smallest absolute Gasteiger partial charge is 0.343 e. The fourth-order valence-electron chi connectivity index (χ4n) is 1.61. The molecule has 2 heterocycles. The largest absolute Gasteiger partial charge is 0.462 e. The summed E-state index contributed by atoms with van der Waals surface area (Å²) in [4.78, 5) is 15.7. The van der Waals surface area contributed by atoms with E-state index in [9.17, 15) is 4.79 Å². The minimum absolute atomic E-state index is 0.114. The Bertz CT molecular complexity index is 668. The minimum Gasteiger partial charge on any atom is -0.462 e. The molecule has 0 aliphatic heterocycles. The van der Waals surface area contributed by atoms with Crippen LogP contribution in [0.15, 0.2) is 6.20 Å². The number of esters is 1. The normalized spacial score (nSPS) is 10.3. The Morgan fingerprint density at radius 1 is 1.67 bits per heavy atom. The number of carbonyl (C=O) groups excluding carboxylic acids is 1. The Kier molecular flexibility index (Phi) is 2.85. The van der Waals surface area contributed by atoms with E-state index >= 15 is 0 Å². The molecule has 0 radical (unpaired) electrons. The predicted molar refractivity (Wildman–Crippen MR) is 62.8 cm³/mol. The predicted octanol–water partition coefficient (Wildman–Crippen LogP) is 0.668. The van der Waals surface area contributed by atoms with Gasteiger partial charge in [0.1, 0.15) is 23.0 Å². The van der Waals surface area contributed by atoms with Crippen LogP contribution in [-0.4, -0.2) is 27.2 Å². The van der Waals surface area contributed by atoms with E-state index < -0.39 is 5.97 Å². The van der Waals surface area contributed by atoms with Crippen LogP contribution in [0.25, 0.3) is 5.65 Å². The standard InChI is InChI=1S/C11H11N5O2/c1-3-18-11(17)8-5-14-10-7(4-12)6(2)15-16(10)9(8)13/h5H,3,13H2,1-2H3. The van der Waals surface area contributed by atoms with Gasteiger partial charge in [0.05, 0.1) is 12.3 Å². The first-order valence-electron chi connectivity index (χ1n) is 5.31. The van der Waals surface area contributed by atoms with Gasteiger partial charge in [-0.05, 0) is 13.8 Å². The number of nitrogens with two attached hydrogens (primary N) is 1. The maximum atomic E-state index is 11.6. The van der Waals surface area contributed by atoms with Crippen LogP contribution < -0.4 is 5.73 Å². The van der Waals surface area contributed by atoms with Crippen molar-refractivity contribution in [3.05, 3.63) is 23.0 Å². The number of aryl methyl sites for hydroxylation is 1. The zero-order valence-electron chi connectivity index (χ0n) is 9.97. The first kappa shape index (κ1) is 11.9. The molecule has 0 atom stereocenters. The Balaban J connectivity index is 2.66. The first-order chi connectivity index (χ1) is 8.60. The Hall–Kier alpha value is -2.62.